The molecule has 26 valence electrons. The van der Waals surface area contributed by atoms with Crippen LogP contribution in [0.3, 0.4) is 0 Å². The minimum Gasteiger partial charge on any atom is 0 e. The SMILES string of the molecule is C.[AlH3].[CaH2].[MgH2].[Ti]. The van der Waals surface area contributed by atoms with E-state index in [4.69, 9.17) is 0 Å². The molecule has 0 saturated heterocycles. The van der Waals surface area contributed by atoms with Crippen molar-refractivity contribution >= 4 is 78.2 Å². The van der Waals surface area contributed by atoms with E-state index >= 15 is 0 Å². The van der Waals surface area contributed by atoms with E-state index in [0.29, 0.717) is 0 Å². The first-order valence-corrected chi connectivity index (χ1v) is 0. The van der Waals surface area contributed by atoms with E-state index in [2.05, 4.69) is 0 Å². The summed E-state index contributed by atoms with van der Waals surface area (Å²) in [6.07, 6.45) is 0. The zero-order chi connectivity index (χ0) is 0. The van der Waals surface area contributed by atoms with E-state index in [1.807, 2.05) is 0 Å². The van der Waals surface area contributed by atoms with Crippen LogP contribution in [0.25, 0.3) is 0 Å². The Bertz CT molecular complexity index is 11.6. The van der Waals surface area contributed by atoms with Crippen molar-refractivity contribution in [3.63, 3.8) is 0 Å². The molecule has 0 atom stereocenters. The van der Waals surface area contributed by atoms with Crippen LogP contribution in [0.1, 0.15) is 7.43 Å². The van der Waals surface area contributed by atoms with Crippen LogP contribution >= 0.6 is 0 Å². The maximum Gasteiger partial charge on any atom is 0.316 e. The third-order valence-electron chi connectivity index (χ3n) is 0. The molecule has 0 aromatic rings. The standard InChI is InChI=1S/CH4.Al.Ca.Mg.Ti.7H/h1H4;;;;;;;;;;;. The number of rotatable bonds is 0. The van der Waals surface area contributed by atoms with Crippen molar-refractivity contribution in [1.29, 1.82) is 0 Å². The second-order valence-electron chi connectivity index (χ2n) is 0. The predicted octanol–water partition coefficient (Wildman–Crippen LogP) is -2.38. The maximum absolute atomic E-state index is 0. The molecule has 0 rings (SSSR count). The molecule has 0 amide bonds. The summed E-state index contributed by atoms with van der Waals surface area (Å²) >= 11 is 0. The zero-order valence-corrected chi connectivity index (χ0v) is 2.06. The van der Waals surface area contributed by atoms with E-state index < -0.39 is 0 Å². The molecule has 0 radical (unpaired) electrons. The van der Waals surface area contributed by atoms with Crippen molar-refractivity contribution in [3.05, 3.63) is 0 Å². The third-order valence-corrected chi connectivity index (χ3v) is 0. The second-order valence-corrected chi connectivity index (χ2v) is 0. The maximum atomic E-state index is 0. The van der Waals surface area contributed by atoms with Gasteiger partial charge in [0.2, 0.25) is 0 Å². The summed E-state index contributed by atoms with van der Waals surface area (Å²) in [5.41, 5.74) is 0. The first-order valence-electron chi connectivity index (χ1n) is 0. The molecule has 0 aromatic heterocycles. The molecule has 0 heterocycles. The van der Waals surface area contributed by atoms with Gasteiger partial charge >= 0.3 is 60.8 Å². The Hall–Kier alpha value is 3.27. The summed E-state index contributed by atoms with van der Waals surface area (Å²) in [6.45, 7) is 0. The largest absolute Gasteiger partial charge is 0.316 e. The summed E-state index contributed by atoms with van der Waals surface area (Å²) in [5.74, 6) is 0. The molecule has 0 saturated carbocycles. The summed E-state index contributed by atoms with van der Waals surface area (Å²) in [5, 5.41) is 0. The second kappa shape index (κ2) is 26.7. The fraction of sp³-hybridized carbons (Fsp3) is 1.00. The molecule has 0 aliphatic heterocycles. The number of hydrogen-bond donors (Lipinski definition) is 0. The molecule has 0 unspecified atom stereocenters. The Morgan fingerprint density at radius 1 is 1.00 bits per heavy atom. The van der Waals surface area contributed by atoms with Gasteiger partial charge in [0.25, 0.3) is 0 Å². The molecule has 0 nitrogen and oxygen atoms in total. The average Bonchev–Trinajstić information content (AvgIpc) is 0. The van der Waals surface area contributed by atoms with Crippen molar-refractivity contribution in [2.24, 2.45) is 0 Å². The van der Waals surface area contributed by atoms with Crippen LogP contribution in [0.4, 0.5) is 0 Å². The predicted molar refractivity (Wildman–Crippen MR) is 33.8 cm³/mol. The smallest absolute Gasteiger partial charge is 0 e. The average molecular weight is 162 g/mol. The van der Waals surface area contributed by atoms with Gasteiger partial charge in [-0.15, -0.1) is 0 Å². The molecular formula is CH11AlCaMgTi. The molecule has 0 aliphatic carbocycles. The first-order chi connectivity index (χ1) is 0. The van der Waals surface area contributed by atoms with Crippen LogP contribution in [0.15, 0.2) is 0 Å². The van der Waals surface area contributed by atoms with Gasteiger partial charge < -0.3 is 0 Å². The van der Waals surface area contributed by atoms with E-state index in [-0.39, 0.29) is 107 Å². The van der Waals surface area contributed by atoms with Crippen molar-refractivity contribution in [2.75, 3.05) is 0 Å². The Morgan fingerprint density at radius 3 is 1.00 bits per heavy atom. The normalized spacial score (nSPS) is 0. The van der Waals surface area contributed by atoms with Gasteiger partial charge in [-0.3, -0.25) is 0 Å². The quantitative estimate of drug-likeness (QED) is 0.349. The fourth-order valence-corrected chi connectivity index (χ4v) is 0. The Labute approximate surface area is 105 Å². The Morgan fingerprint density at radius 2 is 1.00 bits per heavy atom. The minimum absolute atomic E-state index is 0. The van der Waals surface area contributed by atoms with Gasteiger partial charge in [-0.05, 0) is 0 Å². The number of hydrogen-bond acceptors (Lipinski definition) is 0. The molecule has 0 aromatic carbocycles. The van der Waals surface area contributed by atoms with E-state index in [9.17, 15) is 0 Å². The van der Waals surface area contributed by atoms with E-state index in [0.717, 1.165) is 0 Å². The first kappa shape index (κ1) is 40.9. The summed E-state index contributed by atoms with van der Waals surface area (Å²) < 4.78 is 0. The molecule has 5 heavy (non-hydrogen) atoms. The van der Waals surface area contributed by atoms with Crippen LogP contribution in [0, 0.1) is 0 Å². The van der Waals surface area contributed by atoms with Gasteiger partial charge in [0, 0.05) is 21.7 Å². The van der Waals surface area contributed by atoms with Gasteiger partial charge in [0.05, 0.1) is 0 Å². The molecule has 0 N–H and O–H groups in total. The van der Waals surface area contributed by atoms with Crippen molar-refractivity contribution in [3.8, 4) is 0 Å². The Kier molecular flexibility index (Phi) is 218. The van der Waals surface area contributed by atoms with Crippen LogP contribution in [-0.2, 0) is 21.7 Å². The van der Waals surface area contributed by atoms with Gasteiger partial charge in [-0.25, -0.2) is 0 Å². The van der Waals surface area contributed by atoms with Gasteiger partial charge in [0.1, 0.15) is 0 Å². The van der Waals surface area contributed by atoms with E-state index in [1.54, 1.807) is 0 Å². The monoisotopic (exact) mass is 162 g/mol. The molecule has 0 aliphatic rings. The van der Waals surface area contributed by atoms with Crippen LogP contribution in [0.5, 0.6) is 0 Å². The third kappa shape index (κ3) is 18.9. The van der Waals surface area contributed by atoms with Gasteiger partial charge in [0.15, 0.2) is 17.4 Å². The van der Waals surface area contributed by atoms with Crippen LogP contribution in [0.2, 0.25) is 0 Å². The van der Waals surface area contributed by atoms with Crippen molar-refractivity contribution in [2.45, 2.75) is 7.43 Å². The van der Waals surface area contributed by atoms with Crippen LogP contribution in [-0.4, -0.2) is 78.2 Å². The molecule has 0 bridgehead atoms. The van der Waals surface area contributed by atoms with Crippen molar-refractivity contribution < 1.29 is 21.7 Å². The van der Waals surface area contributed by atoms with Gasteiger partial charge in [-0.1, -0.05) is 7.43 Å². The van der Waals surface area contributed by atoms with Crippen LogP contribution < -0.4 is 0 Å². The summed E-state index contributed by atoms with van der Waals surface area (Å²) in [7, 11) is 0. The Balaban J connectivity index is 0. The molecule has 0 fully saturated rings. The minimum atomic E-state index is 0. The molecule has 4 heteroatoms. The van der Waals surface area contributed by atoms with Crippen molar-refractivity contribution in [1.82, 2.24) is 0 Å². The molecule has 0 spiro atoms. The topological polar surface area (TPSA) is 0 Å². The fourth-order valence-electron chi connectivity index (χ4n) is 0. The summed E-state index contributed by atoms with van der Waals surface area (Å²) in [6, 6.07) is 0. The molecular weight excluding hydrogens is 151 g/mol. The summed E-state index contributed by atoms with van der Waals surface area (Å²) in [4.78, 5) is 0. The van der Waals surface area contributed by atoms with E-state index in [1.165, 1.54) is 0 Å². The zero-order valence-electron chi connectivity index (χ0n) is 0.500. The van der Waals surface area contributed by atoms with Gasteiger partial charge in [-0.2, -0.15) is 0 Å².